The first-order valence-corrected chi connectivity index (χ1v) is 13.5. The molecule has 37 heavy (non-hydrogen) atoms. The van der Waals surface area contributed by atoms with Crippen molar-refractivity contribution in [3.63, 3.8) is 0 Å². The van der Waals surface area contributed by atoms with Crippen LogP contribution in [0.3, 0.4) is 0 Å². The van der Waals surface area contributed by atoms with Gasteiger partial charge in [-0.05, 0) is 38.5 Å². The van der Waals surface area contributed by atoms with E-state index < -0.39 is 0 Å². The molecule has 1 aromatic heterocycles. The first-order valence-electron chi connectivity index (χ1n) is 12.4. The normalized spacial score (nSPS) is 12.1. The second kappa shape index (κ2) is 12.5. The highest BCUT2D eigenvalue weighted by atomic mass is 32.2. The van der Waals surface area contributed by atoms with Gasteiger partial charge in [0.15, 0.2) is 11.5 Å². The number of hydrogen-bond donors (Lipinski definition) is 2. The van der Waals surface area contributed by atoms with E-state index in [1.807, 2.05) is 51.1 Å². The molecule has 9 nitrogen and oxygen atoms in total. The molecule has 0 fully saturated rings. The molecule has 2 N–H and O–H groups in total. The Hall–Kier alpha value is -3.66. The predicted octanol–water partition coefficient (Wildman–Crippen LogP) is 4.39. The molecule has 0 bridgehead atoms. The molecular formula is C27H32N4O5S. The highest BCUT2D eigenvalue weighted by molar-refractivity contribution is 7.98. The molecule has 1 aliphatic rings. The fourth-order valence-electron chi connectivity index (χ4n) is 4.01. The van der Waals surface area contributed by atoms with Gasteiger partial charge in [0.1, 0.15) is 12.4 Å². The number of nitrogens with one attached hydrogen (secondary N) is 2. The van der Waals surface area contributed by atoms with Crippen molar-refractivity contribution in [3.8, 4) is 17.2 Å². The van der Waals surface area contributed by atoms with Crippen molar-refractivity contribution in [2.24, 2.45) is 0 Å². The molecule has 1 aliphatic heterocycles. The molecule has 2 aromatic carbocycles. The lowest BCUT2D eigenvalue weighted by molar-refractivity contribution is -0.122. The molecule has 10 heteroatoms. The number of anilines is 1. The zero-order chi connectivity index (χ0) is 26.2. The third-order valence-electron chi connectivity index (χ3n) is 5.65. The number of carbonyl (C=O) groups excluding carboxylic acids is 2. The van der Waals surface area contributed by atoms with E-state index in [1.54, 1.807) is 28.6 Å². The van der Waals surface area contributed by atoms with Crippen LogP contribution >= 0.6 is 11.8 Å². The van der Waals surface area contributed by atoms with E-state index in [1.165, 1.54) is 0 Å². The molecule has 0 saturated carbocycles. The van der Waals surface area contributed by atoms with E-state index in [-0.39, 0.29) is 18.4 Å². The number of amides is 2. The van der Waals surface area contributed by atoms with E-state index in [4.69, 9.17) is 14.2 Å². The minimum Gasteiger partial charge on any atom is -0.490 e. The summed E-state index contributed by atoms with van der Waals surface area (Å²) in [5.41, 5.74) is 3.19. The van der Waals surface area contributed by atoms with Crippen molar-refractivity contribution in [1.29, 1.82) is 0 Å². The number of rotatable bonds is 12. The van der Waals surface area contributed by atoms with Gasteiger partial charge in [-0.1, -0.05) is 30.3 Å². The Balaban J connectivity index is 1.56. The number of carbonyl (C=O) groups is 2. The van der Waals surface area contributed by atoms with Crippen LogP contribution in [0.5, 0.6) is 17.2 Å². The van der Waals surface area contributed by atoms with Crippen LogP contribution in [-0.2, 0) is 29.4 Å². The smallest absolute Gasteiger partial charge is 0.257 e. The number of fused-ring (bicyclic) bond motifs is 1. The van der Waals surface area contributed by atoms with Crippen molar-refractivity contribution in [2.45, 2.75) is 45.4 Å². The van der Waals surface area contributed by atoms with Crippen molar-refractivity contribution < 1.29 is 23.8 Å². The van der Waals surface area contributed by atoms with Gasteiger partial charge in [-0.2, -0.15) is 16.9 Å². The number of ether oxygens (including phenoxy) is 3. The van der Waals surface area contributed by atoms with Crippen molar-refractivity contribution in [3.05, 3.63) is 64.8 Å². The first kappa shape index (κ1) is 26.4. The molecule has 0 spiro atoms. The van der Waals surface area contributed by atoms with Gasteiger partial charge in [0, 0.05) is 29.2 Å². The Labute approximate surface area is 220 Å². The van der Waals surface area contributed by atoms with Gasteiger partial charge in [-0.15, -0.1) is 0 Å². The van der Waals surface area contributed by atoms with E-state index in [2.05, 4.69) is 15.7 Å². The van der Waals surface area contributed by atoms with Crippen LogP contribution in [0.2, 0.25) is 0 Å². The Morgan fingerprint density at radius 3 is 2.30 bits per heavy atom. The van der Waals surface area contributed by atoms with E-state index in [0.29, 0.717) is 60.7 Å². The van der Waals surface area contributed by atoms with Crippen molar-refractivity contribution in [2.75, 3.05) is 25.1 Å². The summed E-state index contributed by atoms with van der Waals surface area (Å²) in [4.78, 5) is 26.1. The maximum Gasteiger partial charge on any atom is 0.257 e. The minimum absolute atomic E-state index is 0.00220. The highest BCUT2D eigenvalue weighted by Crippen LogP contribution is 2.40. The summed E-state index contributed by atoms with van der Waals surface area (Å²) in [6.45, 7) is 7.28. The van der Waals surface area contributed by atoms with E-state index >= 15 is 0 Å². The van der Waals surface area contributed by atoms with Crippen LogP contribution in [0.1, 0.15) is 48.0 Å². The Morgan fingerprint density at radius 1 is 0.973 bits per heavy atom. The zero-order valence-corrected chi connectivity index (χ0v) is 22.2. The molecule has 2 amide bonds. The molecule has 0 radical (unpaired) electrons. The molecule has 4 rings (SSSR count). The van der Waals surface area contributed by atoms with Crippen LogP contribution < -0.4 is 24.8 Å². The van der Waals surface area contributed by atoms with Crippen LogP contribution in [0.4, 0.5) is 5.82 Å². The van der Waals surface area contributed by atoms with Crippen molar-refractivity contribution in [1.82, 2.24) is 15.1 Å². The predicted molar refractivity (Wildman–Crippen MR) is 143 cm³/mol. The summed E-state index contributed by atoms with van der Waals surface area (Å²) < 4.78 is 18.8. The van der Waals surface area contributed by atoms with Crippen LogP contribution in [0, 0.1) is 0 Å². The topological polar surface area (TPSA) is 104 Å². The van der Waals surface area contributed by atoms with Crippen LogP contribution in [0.15, 0.2) is 42.5 Å². The lowest BCUT2D eigenvalue weighted by atomic mass is 10.1. The fourth-order valence-corrected chi connectivity index (χ4v) is 5.04. The number of nitrogens with zero attached hydrogens (tertiary/aromatic N) is 2. The maximum atomic E-state index is 13.4. The largest absolute Gasteiger partial charge is 0.490 e. The summed E-state index contributed by atoms with van der Waals surface area (Å²) in [5, 5.41) is 10.5. The molecule has 196 valence electrons. The zero-order valence-electron chi connectivity index (χ0n) is 21.3. The van der Waals surface area contributed by atoms with Gasteiger partial charge in [-0.25, -0.2) is 4.68 Å². The van der Waals surface area contributed by atoms with Gasteiger partial charge >= 0.3 is 0 Å². The number of benzene rings is 2. The fraction of sp³-hybridized carbons (Fsp3) is 0.370. The summed E-state index contributed by atoms with van der Waals surface area (Å²) >= 11 is 1.72. The average Bonchev–Trinajstić information content (AvgIpc) is 3.47. The third kappa shape index (κ3) is 6.37. The summed E-state index contributed by atoms with van der Waals surface area (Å²) in [5.74, 6) is 2.80. The summed E-state index contributed by atoms with van der Waals surface area (Å²) in [7, 11) is 0. The Kier molecular flexibility index (Phi) is 8.95. The van der Waals surface area contributed by atoms with Gasteiger partial charge < -0.3 is 24.8 Å². The molecule has 0 aliphatic carbocycles. The average molecular weight is 525 g/mol. The molecule has 3 aromatic rings. The summed E-state index contributed by atoms with van der Waals surface area (Å²) in [6.07, 6.45) is 0. The standard InChI is InChI=1S/C27H32N4O5S/c1-4-34-22-12-19(13-23(35-5-2)25(22)36-6-3)27(33)29-26-20-16-37-17-21(20)30-31(26)15-24(32)28-14-18-10-8-7-9-11-18/h7-13H,4-6,14-17H2,1-3H3,(H,28,32)(H,29,33). The summed E-state index contributed by atoms with van der Waals surface area (Å²) in [6, 6.07) is 13.0. The number of thioether (sulfide) groups is 1. The van der Waals surface area contributed by atoms with Gasteiger partial charge in [0.05, 0.1) is 25.5 Å². The van der Waals surface area contributed by atoms with Gasteiger partial charge in [-0.3, -0.25) is 9.59 Å². The SMILES string of the molecule is CCOc1cc(C(=O)Nc2c3c(nn2CC(=O)NCc2ccccc2)CSC3)cc(OCC)c1OCC. The minimum atomic E-state index is -0.351. The molecule has 2 heterocycles. The lowest BCUT2D eigenvalue weighted by Crippen LogP contribution is -2.28. The van der Waals surface area contributed by atoms with E-state index in [0.717, 1.165) is 22.6 Å². The second-order valence-electron chi connectivity index (χ2n) is 8.24. The van der Waals surface area contributed by atoms with Crippen molar-refractivity contribution >= 4 is 29.4 Å². The second-order valence-corrected chi connectivity index (χ2v) is 9.23. The number of aromatic nitrogens is 2. The first-order chi connectivity index (χ1) is 18.0. The van der Waals surface area contributed by atoms with Gasteiger partial charge in [0.2, 0.25) is 11.7 Å². The molecule has 0 atom stereocenters. The Morgan fingerprint density at radius 2 is 1.65 bits per heavy atom. The maximum absolute atomic E-state index is 13.4. The van der Waals surface area contributed by atoms with Gasteiger partial charge in [0.25, 0.3) is 5.91 Å². The van der Waals surface area contributed by atoms with E-state index in [9.17, 15) is 9.59 Å². The highest BCUT2D eigenvalue weighted by Gasteiger charge is 2.26. The monoisotopic (exact) mass is 524 g/mol. The lowest BCUT2D eigenvalue weighted by Gasteiger charge is -2.17. The quantitative estimate of drug-likeness (QED) is 0.362. The molecule has 0 unspecified atom stereocenters. The third-order valence-corrected chi connectivity index (χ3v) is 6.62. The van der Waals surface area contributed by atoms with Crippen LogP contribution in [-0.4, -0.2) is 41.4 Å². The molecule has 0 saturated heterocycles. The molecular weight excluding hydrogens is 492 g/mol. The Bertz CT molecular complexity index is 1220. The number of hydrogen-bond acceptors (Lipinski definition) is 7. The van der Waals surface area contributed by atoms with Crippen LogP contribution in [0.25, 0.3) is 0 Å².